The minimum atomic E-state index is 0.0896. The van der Waals surface area contributed by atoms with E-state index in [4.69, 9.17) is 25.4 Å². The first-order valence-electron chi connectivity index (χ1n) is 13.3. The first kappa shape index (κ1) is 26.8. The Bertz CT molecular complexity index is 1120. The molecule has 0 unspecified atom stereocenters. The molecule has 1 saturated carbocycles. The van der Waals surface area contributed by atoms with Crippen LogP contribution in [0.15, 0.2) is 53.7 Å². The number of amidine groups is 1. The molecule has 4 rings (SSSR count). The number of rotatable bonds is 14. The highest BCUT2D eigenvalue weighted by Crippen LogP contribution is 2.37. The van der Waals surface area contributed by atoms with Gasteiger partial charge in [-0.15, -0.1) is 11.3 Å². The number of hydrogen-bond acceptors (Lipinski definition) is 7. The lowest BCUT2D eigenvalue weighted by molar-refractivity contribution is 0.279. The molecule has 8 heteroatoms. The SMILES string of the molecule is CCNc1nc(-c2ccc(OCCCCCOc3ccc(C(N)=NO)cc3)cc2)c(CC2CCCC2)s1. The summed E-state index contributed by atoms with van der Waals surface area (Å²) < 4.78 is 11.7. The molecule has 3 aromatic rings. The van der Waals surface area contributed by atoms with Crippen LogP contribution in [0, 0.1) is 5.92 Å². The van der Waals surface area contributed by atoms with Gasteiger partial charge in [-0.25, -0.2) is 4.98 Å². The second-order valence-electron chi connectivity index (χ2n) is 9.47. The fourth-order valence-corrected chi connectivity index (χ4v) is 5.83. The topological polar surface area (TPSA) is 102 Å². The van der Waals surface area contributed by atoms with Crippen molar-refractivity contribution >= 4 is 22.3 Å². The van der Waals surface area contributed by atoms with Gasteiger partial charge >= 0.3 is 0 Å². The van der Waals surface area contributed by atoms with Crippen molar-refractivity contribution in [3.63, 3.8) is 0 Å². The summed E-state index contributed by atoms with van der Waals surface area (Å²) in [6.45, 7) is 4.33. The quantitative estimate of drug-likeness (QED) is 0.0716. The number of nitrogens with two attached hydrogens (primary N) is 1. The van der Waals surface area contributed by atoms with E-state index in [1.54, 1.807) is 12.1 Å². The van der Waals surface area contributed by atoms with E-state index in [-0.39, 0.29) is 5.84 Å². The molecule has 1 fully saturated rings. The summed E-state index contributed by atoms with van der Waals surface area (Å²) in [5.41, 5.74) is 8.52. The molecule has 0 saturated heterocycles. The molecule has 1 heterocycles. The average molecular weight is 523 g/mol. The van der Waals surface area contributed by atoms with Crippen molar-refractivity contribution in [1.29, 1.82) is 0 Å². The zero-order chi connectivity index (χ0) is 25.9. The lowest BCUT2D eigenvalue weighted by Crippen LogP contribution is -2.12. The number of aromatic nitrogens is 1. The highest BCUT2D eigenvalue weighted by atomic mass is 32.1. The van der Waals surface area contributed by atoms with Gasteiger partial charge in [0, 0.05) is 22.5 Å². The second kappa shape index (κ2) is 13.9. The molecule has 1 aliphatic carbocycles. The van der Waals surface area contributed by atoms with E-state index in [0.717, 1.165) is 66.0 Å². The summed E-state index contributed by atoms with van der Waals surface area (Å²) in [5.74, 6) is 2.56. The van der Waals surface area contributed by atoms with Crippen molar-refractivity contribution < 1.29 is 14.7 Å². The van der Waals surface area contributed by atoms with Crippen LogP contribution < -0.4 is 20.5 Å². The molecule has 2 aromatic carbocycles. The zero-order valence-electron chi connectivity index (χ0n) is 21.6. The first-order valence-corrected chi connectivity index (χ1v) is 14.2. The number of unbranched alkanes of at least 4 members (excludes halogenated alkanes) is 2. The number of benzene rings is 2. The number of oxime groups is 1. The predicted molar refractivity (Wildman–Crippen MR) is 151 cm³/mol. The molecule has 0 radical (unpaired) electrons. The molecule has 0 aliphatic heterocycles. The van der Waals surface area contributed by atoms with E-state index < -0.39 is 0 Å². The molecule has 0 atom stereocenters. The Morgan fingerprint density at radius 2 is 1.62 bits per heavy atom. The van der Waals surface area contributed by atoms with Gasteiger partial charge in [0.25, 0.3) is 0 Å². The predicted octanol–water partition coefficient (Wildman–Crippen LogP) is 6.70. The average Bonchev–Trinajstić information content (AvgIpc) is 3.59. The van der Waals surface area contributed by atoms with E-state index in [1.807, 2.05) is 23.5 Å². The van der Waals surface area contributed by atoms with Crippen LogP contribution in [-0.2, 0) is 6.42 Å². The van der Waals surface area contributed by atoms with E-state index >= 15 is 0 Å². The molecular formula is C29H38N4O3S. The summed E-state index contributed by atoms with van der Waals surface area (Å²) in [6.07, 6.45) is 9.50. The third-order valence-electron chi connectivity index (χ3n) is 6.69. The molecule has 37 heavy (non-hydrogen) atoms. The maximum absolute atomic E-state index is 8.72. The largest absolute Gasteiger partial charge is 0.494 e. The van der Waals surface area contributed by atoms with E-state index in [9.17, 15) is 0 Å². The van der Waals surface area contributed by atoms with Gasteiger partial charge in [0.2, 0.25) is 0 Å². The van der Waals surface area contributed by atoms with Gasteiger partial charge in [0.15, 0.2) is 11.0 Å². The van der Waals surface area contributed by atoms with Gasteiger partial charge in [-0.2, -0.15) is 0 Å². The molecule has 0 spiro atoms. The molecule has 198 valence electrons. The first-order chi connectivity index (χ1) is 18.2. The van der Waals surface area contributed by atoms with Crippen LogP contribution in [0.1, 0.15) is 62.3 Å². The van der Waals surface area contributed by atoms with E-state index in [2.05, 4.69) is 41.7 Å². The van der Waals surface area contributed by atoms with E-state index in [1.165, 1.54) is 30.6 Å². The van der Waals surface area contributed by atoms with Crippen LogP contribution in [0.4, 0.5) is 5.13 Å². The van der Waals surface area contributed by atoms with Crippen molar-refractivity contribution in [3.05, 3.63) is 59.0 Å². The second-order valence-corrected chi connectivity index (χ2v) is 10.6. The summed E-state index contributed by atoms with van der Waals surface area (Å²) in [7, 11) is 0. The maximum atomic E-state index is 8.72. The summed E-state index contributed by atoms with van der Waals surface area (Å²) >= 11 is 1.81. The van der Waals surface area contributed by atoms with Crippen molar-refractivity contribution in [2.45, 2.75) is 58.3 Å². The molecule has 0 bridgehead atoms. The normalized spacial score (nSPS) is 14.1. The smallest absolute Gasteiger partial charge is 0.183 e. The maximum Gasteiger partial charge on any atom is 0.183 e. The fourth-order valence-electron chi connectivity index (χ4n) is 4.67. The number of anilines is 1. The lowest BCUT2D eigenvalue weighted by Gasteiger charge is -2.10. The zero-order valence-corrected chi connectivity index (χ0v) is 22.4. The molecule has 4 N–H and O–H groups in total. The van der Waals surface area contributed by atoms with Gasteiger partial charge in [-0.05, 0) is 87.1 Å². The van der Waals surface area contributed by atoms with Crippen LogP contribution in [0.2, 0.25) is 0 Å². The highest BCUT2D eigenvalue weighted by Gasteiger charge is 2.20. The van der Waals surface area contributed by atoms with E-state index in [0.29, 0.717) is 18.8 Å². The Morgan fingerprint density at radius 3 is 2.22 bits per heavy atom. The van der Waals surface area contributed by atoms with Crippen LogP contribution >= 0.6 is 11.3 Å². The van der Waals surface area contributed by atoms with Crippen LogP contribution in [0.25, 0.3) is 11.3 Å². The van der Waals surface area contributed by atoms with Crippen LogP contribution in [0.5, 0.6) is 11.5 Å². The number of thiazole rings is 1. The van der Waals surface area contributed by atoms with Gasteiger partial charge in [-0.1, -0.05) is 30.8 Å². The standard InChI is InChI=1S/C29H38N4O3S/c1-2-31-29-32-27(26(37-29)20-21-8-4-5-9-21)22-10-14-24(15-11-22)35-18-6-3-7-19-36-25-16-12-23(13-17-25)28(30)33-34/h10-17,21,34H,2-9,18-20H2,1H3,(H2,30,33)(H,31,32). The minimum Gasteiger partial charge on any atom is -0.494 e. The lowest BCUT2D eigenvalue weighted by atomic mass is 10.0. The molecule has 0 amide bonds. The number of ether oxygens (including phenoxy) is 2. The van der Waals surface area contributed by atoms with Crippen molar-refractivity contribution in [2.24, 2.45) is 16.8 Å². The van der Waals surface area contributed by atoms with Crippen LogP contribution in [0.3, 0.4) is 0 Å². The third kappa shape index (κ3) is 7.86. The van der Waals surface area contributed by atoms with Gasteiger partial charge in [0.05, 0.1) is 18.9 Å². The highest BCUT2D eigenvalue weighted by molar-refractivity contribution is 7.16. The summed E-state index contributed by atoms with van der Waals surface area (Å²) in [4.78, 5) is 6.32. The molecule has 1 aliphatic rings. The van der Waals surface area contributed by atoms with Gasteiger partial charge in [-0.3, -0.25) is 0 Å². The third-order valence-corrected chi connectivity index (χ3v) is 7.72. The number of nitrogens with zero attached hydrogens (tertiary/aromatic N) is 2. The van der Waals surface area contributed by atoms with Crippen molar-refractivity contribution in [3.8, 4) is 22.8 Å². The Hall–Kier alpha value is -3.26. The Balaban J connectivity index is 1.19. The van der Waals surface area contributed by atoms with Crippen molar-refractivity contribution in [2.75, 3.05) is 25.1 Å². The monoisotopic (exact) mass is 522 g/mol. The number of hydrogen-bond donors (Lipinski definition) is 3. The Morgan fingerprint density at radius 1 is 1.00 bits per heavy atom. The molecule has 7 nitrogen and oxygen atoms in total. The Labute approximate surface area is 223 Å². The Kier molecular flexibility index (Phi) is 10.1. The van der Waals surface area contributed by atoms with Gasteiger partial charge < -0.3 is 25.7 Å². The van der Waals surface area contributed by atoms with Crippen molar-refractivity contribution in [1.82, 2.24) is 4.98 Å². The number of nitrogens with one attached hydrogen (secondary N) is 1. The summed E-state index contributed by atoms with van der Waals surface area (Å²) in [5, 5.41) is 16.1. The molecular weight excluding hydrogens is 484 g/mol. The molecule has 1 aromatic heterocycles. The summed E-state index contributed by atoms with van der Waals surface area (Å²) in [6, 6.07) is 15.6. The van der Waals surface area contributed by atoms with Gasteiger partial charge in [0.1, 0.15) is 11.5 Å². The fraction of sp³-hybridized carbons (Fsp3) is 0.448. The van der Waals surface area contributed by atoms with Crippen LogP contribution in [-0.4, -0.2) is 35.8 Å². The minimum absolute atomic E-state index is 0.0896.